The predicted molar refractivity (Wildman–Crippen MR) is 103 cm³/mol. The van der Waals surface area contributed by atoms with Crippen molar-refractivity contribution in [2.75, 3.05) is 0 Å². The van der Waals surface area contributed by atoms with E-state index in [0.29, 0.717) is 16.3 Å². The van der Waals surface area contributed by atoms with Crippen LogP contribution >= 0.6 is 22.9 Å². The topological polar surface area (TPSA) is 58.6 Å². The SMILES string of the molecule is CCc1cc(-c2nc(-c3cc4cc(Cl)ccc4[nH]c3=O)cs2)ccn1. The molecule has 6 heteroatoms. The lowest BCUT2D eigenvalue weighted by molar-refractivity contribution is 1.04. The molecule has 1 aromatic carbocycles. The number of aromatic nitrogens is 3. The molecule has 1 N–H and O–H groups in total. The summed E-state index contributed by atoms with van der Waals surface area (Å²) in [6.07, 6.45) is 2.66. The second kappa shape index (κ2) is 6.43. The van der Waals surface area contributed by atoms with E-state index in [1.165, 1.54) is 11.3 Å². The molecule has 4 rings (SSSR count). The monoisotopic (exact) mass is 367 g/mol. The van der Waals surface area contributed by atoms with E-state index in [9.17, 15) is 4.79 Å². The number of aryl methyl sites for hydroxylation is 1. The van der Waals surface area contributed by atoms with E-state index >= 15 is 0 Å². The first kappa shape index (κ1) is 16.0. The van der Waals surface area contributed by atoms with Gasteiger partial charge in [0.25, 0.3) is 5.56 Å². The molecule has 0 amide bonds. The first-order chi connectivity index (χ1) is 12.1. The molecule has 3 heterocycles. The number of pyridine rings is 2. The van der Waals surface area contributed by atoms with E-state index in [-0.39, 0.29) is 5.56 Å². The van der Waals surface area contributed by atoms with Crippen molar-refractivity contribution >= 4 is 33.8 Å². The van der Waals surface area contributed by atoms with Gasteiger partial charge < -0.3 is 4.98 Å². The molecule has 0 bridgehead atoms. The zero-order chi connectivity index (χ0) is 17.4. The molecule has 0 saturated carbocycles. The van der Waals surface area contributed by atoms with Gasteiger partial charge in [-0.05, 0) is 42.8 Å². The lowest BCUT2D eigenvalue weighted by atomic mass is 10.1. The summed E-state index contributed by atoms with van der Waals surface area (Å²) in [4.78, 5) is 24.3. The molecule has 25 heavy (non-hydrogen) atoms. The highest BCUT2D eigenvalue weighted by molar-refractivity contribution is 7.13. The Kier molecular flexibility index (Phi) is 4.11. The Morgan fingerprint density at radius 1 is 1.20 bits per heavy atom. The second-order valence-corrected chi connectivity index (χ2v) is 6.97. The minimum absolute atomic E-state index is 0.157. The zero-order valence-electron chi connectivity index (χ0n) is 13.4. The molecule has 0 saturated heterocycles. The first-order valence-electron chi connectivity index (χ1n) is 7.88. The van der Waals surface area contributed by atoms with E-state index in [2.05, 4.69) is 21.9 Å². The summed E-state index contributed by atoms with van der Waals surface area (Å²) < 4.78 is 0. The second-order valence-electron chi connectivity index (χ2n) is 5.67. The van der Waals surface area contributed by atoms with Gasteiger partial charge in [0, 0.05) is 38.8 Å². The standard InChI is InChI=1S/C19H14ClN3OS/c1-2-14-8-11(5-6-21-14)19-23-17(10-25-19)15-9-12-7-13(20)3-4-16(12)22-18(15)24/h3-10H,2H2,1H3,(H,22,24). The number of H-pyrrole nitrogens is 1. The van der Waals surface area contributed by atoms with Crippen LogP contribution in [0.25, 0.3) is 32.7 Å². The Labute approximate surface area is 153 Å². The number of thiazole rings is 1. The van der Waals surface area contributed by atoms with E-state index in [1.54, 1.807) is 18.3 Å². The number of hydrogen-bond acceptors (Lipinski definition) is 4. The number of hydrogen-bond donors (Lipinski definition) is 1. The van der Waals surface area contributed by atoms with Crippen molar-refractivity contribution in [3.8, 4) is 21.8 Å². The van der Waals surface area contributed by atoms with Crippen LogP contribution in [0.3, 0.4) is 0 Å². The van der Waals surface area contributed by atoms with Gasteiger partial charge in [-0.2, -0.15) is 0 Å². The summed E-state index contributed by atoms with van der Waals surface area (Å²) in [5.74, 6) is 0. The molecule has 4 aromatic rings. The molecule has 0 fully saturated rings. The summed E-state index contributed by atoms with van der Waals surface area (Å²) in [6.45, 7) is 2.07. The molecule has 0 radical (unpaired) electrons. The lowest BCUT2D eigenvalue weighted by Crippen LogP contribution is -2.08. The van der Waals surface area contributed by atoms with Crippen molar-refractivity contribution in [2.45, 2.75) is 13.3 Å². The number of nitrogens with one attached hydrogen (secondary N) is 1. The number of rotatable bonds is 3. The molecule has 0 unspecified atom stereocenters. The number of halogens is 1. The van der Waals surface area contributed by atoms with Gasteiger partial charge in [0.05, 0.1) is 11.3 Å². The third-order valence-corrected chi connectivity index (χ3v) is 5.14. The number of fused-ring (bicyclic) bond motifs is 1. The van der Waals surface area contributed by atoms with Crippen molar-refractivity contribution in [3.05, 3.63) is 69.0 Å². The highest BCUT2D eigenvalue weighted by atomic mass is 35.5. The molecule has 4 nitrogen and oxygen atoms in total. The van der Waals surface area contributed by atoms with Gasteiger partial charge in [0.15, 0.2) is 0 Å². The van der Waals surface area contributed by atoms with Crippen LogP contribution in [0.5, 0.6) is 0 Å². The summed E-state index contributed by atoms with van der Waals surface area (Å²) >= 11 is 7.57. The third-order valence-electron chi connectivity index (χ3n) is 4.01. The zero-order valence-corrected chi connectivity index (χ0v) is 15.0. The van der Waals surface area contributed by atoms with E-state index in [0.717, 1.165) is 33.6 Å². The molecule has 0 atom stereocenters. The Balaban J connectivity index is 1.80. The van der Waals surface area contributed by atoms with Crippen LogP contribution in [0.15, 0.2) is 52.8 Å². The predicted octanol–water partition coefficient (Wildman–Crippen LogP) is 4.93. The molecule has 3 aromatic heterocycles. The highest BCUT2D eigenvalue weighted by Crippen LogP contribution is 2.29. The fourth-order valence-electron chi connectivity index (χ4n) is 2.70. The lowest BCUT2D eigenvalue weighted by Gasteiger charge is -2.02. The molecule has 0 aliphatic carbocycles. The third kappa shape index (κ3) is 3.08. The summed E-state index contributed by atoms with van der Waals surface area (Å²) in [6, 6.07) is 11.2. The maximum absolute atomic E-state index is 12.4. The fraction of sp³-hybridized carbons (Fsp3) is 0.105. The van der Waals surface area contributed by atoms with Crippen LogP contribution in [0.1, 0.15) is 12.6 Å². The van der Waals surface area contributed by atoms with Crippen LogP contribution in [-0.4, -0.2) is 15.0 Å². The van der Waals surface area contributed by atoms with Crippen molar-refractivity contribution in [3.63, 3.8) is 0 Å². The molecular weight excluding hydrogens is 354 g/mol. The maximum atomic E-state index is 12.4. The van der Waals surface area contributed by atoms with Gasteiger partial charge in [0.1, 0.15) is 5.01 Å². The van der Waals surface area contributed by atoms with Crippen LogP contribution in [-0.2, 0) is 6.42 Å². The van der Waals surface area contributed by atoms with E-state index < -0.39 is 0 Å². The average molecular weight is 368 g/mol. The quantitative estimate of drug-likeness (QED) is 0.558. The summed E-state index contributed by atoms with van der Waals surface area (Å²) in [7, 11) is 0. The molecule has 0 spiro atoms. The van der Waals surface area contributed by atoms with Gasteiger partial charge in [-0.15, -0.1) is 11.3 Å². The Morgan fingerprint density at radius 3 is 2.92 bits per heavy atom. The normalized spacial score (nSPS) is 11.1. The van der Waals surface area contributed by atoms with Crippen molar-refractivity contribution in [1.29, 1.82) is 0 Å². The van der Waals surface area contributed by atoms with E-state index in [1.807, 2.05) is 29.6 Å². The maximum Gasteiger partial charge on any atom is 0.257 e. The van der Waals surface area contributed by atoms with Gasteiger partial charge in [0.2, 0.25) is 0 Å². The molecule has 124 valence electrons. The van der Waals surface area contributed by atoms with Crippen LogP contribution in [0.4, 0.5) is 0 Å². The Morgan fingerprint density at radius 2 is 2.08 bits per heavy atom. The smallest absolute Gasteiger partial charge is 0.257 e. The van der Waals surface area contributed by atoms with Crippen LogP contribution < -0.4 is 5.56 Å². The molecule has 0 aliphatic rings. The Bertz CT molecular complexity index is 1130. The average Bonchev–Trinajstić information content (AvgIpc) is 3.11. The minimum Gasteiger partial charge on any atom is -0.321 e. The number of aromatic amines is 1. The van der Waals surface area contributed by atoms with E-state index in [4.69, 9.17) is 11.6 Å². The van der Waals surface area contributed by atoms with Crippen molar-refractivity contribution in [2.24, 2.45) is 0 Å². The number of benzene rings is 1. The summed E-state index contributed by atoms with van der Waals surface area (Å²) in [5, 5.41) is 4.29. The first-order valence-corrected chi connectivity index (χ1v) is 9.13. The van der Waals surface area contributed by atoms with Gasteiger partial charge in [-0.3, -0.25) is 9.78 Å². The van der Waals surface area contributed by atoms with Crippen LogP contribution in [0.2, 0.25) is 5.02 Å². The molecular formula is C19H14ClN3OS. The fourth-order valence-corrected chi connectivity index (χ4v) is 3.70. The summed E-state index contributed by atoms with van der Waals surface area (Å²) in [5.41, 5.74) is 3.85. The van der Waals surface area contributed by atoms with Gasteiger partial charge in [-0.1, -0.05) is 18.5 Å². The minimum atomic E-state index is -0.157. The number of nitrogens with zero attached hydrogens (tertiary/aromatic N) is 2. The molecule has 0 aliphatic heterocycles. The largest absolute Gasteiger partial charge is 0.321 e. The van der Waals surface area contributed by atoms with Gasteiger partial charge >= 0.3 is 0 Å². The van der Waals surface area contributed by atoms with Crippen molar-refractivity contribution in [1.82, 2.24) is 15.0 Å². The Hall–Kier alpha value is -2.50. The van der Waals surface area contributed by atoms with Gasteiger partial charge in [-0.25, -0.2) is 4.98 Å². The van der Waals surface area contributed by atoms with Crippen molar-refractivity contribution < 1.29 is 0 Å². The van der Waals surface area contributed by atoms with Crippen LogP contribution in [0, 0.1) is 0 Å². The highest BCUT2D eigenvalue weighted by Gasteiger charge is 2.11.